The van der Waals surface area contributed by atoms with Gasteiger partial charge in [-0.3, -0.25) is 9.59 Å². The summed E-state index contributed by atoms with van der Waals surface area (Å²) >= 11 is 0. The van der Waals surface area contributed by atoms with Crippen LogP contribution in [0.4, 0.5) is 5.69 Å². The maximum atomic E-state index is 12.5. The van der Waals surface area contributed by atoms with Gasteiger partial charge in [-0.25, -0.2) is 0 Å². The van der Waals surface area contributed by atoms with Crippen LogP contribution < -0.4 is 10.6 Å². The van der Waals surface area contributed by atoms with Gasteiger partial charge in [0.05, 0.1) is 0 Å². The van der Waals surface area contributed by atoms with Crippen molar-refractivity contribution in [2.24, 2.45) is 5.41 Å². The standard InChI is InChI=1S/C17H24N2O2/c1-6-11-18-15(20)17(4,5)16(21)19-14-12(3)9-8-10-13(14)7-2/h6,8-10H,1,7,11H2,2-5H3,(H,18,20)(H,19,21). The molecular weight excluding hydrogens is 264 g/mol. The van der Waals surface area contributed by atoms with Crippen LogP contribution in [0, 0.1) is 12.3 Å². The second-order valence-electron chi connectivity index (χ2n) is 5.54. The van der Waals surface area contributed by atoms with Gasteiger partial charge in [0, 0.05) is 12.2 Å². The molecule has 0 aromatic heterocycles. The molecule has 0 saturated heterocycles. The van der Waals surface area contributed by atoms with E-state index in [0.717, 1.165) is 23.2 Å². The van der Waals surface area contributed by atoms with Crippen molar-refractivity contribution in [1.29, 1.82) is 0 Å². The van der Waals surface area contributed by atoms with Gasteiger partial charge >= 0.3 is 0 Å². The first kappa shape index (κ1) is 17.0. The van der Waals surface area contributed by atoms with Crippen LogP contribution in [-0.2, 0) is 16.0 Å². The summed E-state index contributed by atoms with van der Waals surface area (Å²) in [5.74, 6) is -0.625. The molecule has 0 unspecified atom stereocenters. The molecule has 2 N–H and O–H groups in total. The molecule has 0 radical (unpaired) electrons. The molecule has 0 aliphatic rings. The van der Waals surface area contributed by atoms with Crippen LogP contribution in [0.3, 0.4) is 0 Å². The molecule has 0 saturated carbocycles. The number of benzene rings is 1. The number of amides is 2. The molecule has 2 amide bonds. The van der Waals surface area contributed by atoms with Crippen molar-refractivity contribution in [3.63, 3.8) is 0 Å². The third-order valence-electron chi connectivity index (χ3n) is 3.52. The summed E-state index contributed by atoms with van der Waals surface area (Å²) in [4.78, 5) is 24.5. The van der Waals surface area contributed by atoms with Crippen LogP contribution in [0.15, 0.2) is 30.9 Å². The second-order valence-corrected chi connectivity index (χ2v) is 5.54. The molecule has 1 rings (SSSR count). The average molecular weight is 288 g/mol. The van der Waals surface area contributed by atoms with Crippen molar-refractivity contribution < 1.29 is 9.59 Å². The van der Waals surface area contributed by atoms with Crippen molar-refractivity contribution >= 4 is 17.5 Å². The molecule has 0 heterocycles. The third kappa shape index (κ3) is 3.94. The van der Waals surface area contributed by atoms with Crippen LogP contribution in [0.2, 0.25) is 0 Å². The van der Waals surface area contributed by atoms with Gasteiger partial charge < -0.3 is 10.6 Å². The summed E-state index contributed by atoms with van der Waals surface area (Å²) in [7, 11) is 0. The summed E-state index contributed by atoms with van der Waals surface area (Å²) in [6, 6.07) is 5.89. The minimum absolute atomic E-state index is 0.312. The Morgan fingerprint density at radius 3 is 2.52 bits per heavy atom. The van der Waals surface area contributed by atoms with Crippen molar-refractivity contribution in [1.82, 2.24) is 5.32 Å². The lowest BCUT2D eigenvalue weighted by Gasteiger charge is -2.24. The van der Waals surface area contributed by atoms with Gasteiger partial charge in [-0.05, 0) is 38.3 Å². The lowest BCUT2D eigenvalue weighted by molar-refractivity contribution is -0.138. The van der Waals surface area contributed by atoms with Crippen molar-refractivity contribution in [3.05, 3.63) is 42.0 Å². The third-order valence-corrected chi connectivity index (χ3v) is 3.52. The van der Waals surface area contributed by atoms with E-state index in [2.05, 4.69) is 17.2 Å². The smallest absolute Gasteiger partial charge is 0.239 e. The average Bonchev–Trinajstić information content (AvgIpc) is 2.46. The molecule has 0 bridgehead atoms. The maximum absolute atomic E-state index is 12.5. The van der Waals surface area contributed by atoms with Crippen LogP contribution >= 0.6 is 0 Å². The number of para-hydroxylation sites is 1. The molecular formula is C17H24N2O2. The van der Waals surface area contributed by atoms with Crippen molar-refractivity contribution in [2.45, 2.75) is 34.1 Å². The van der Waals surface area contributed by atoms with Crippen LogP contribution in [-0.4, -0.2) is 18.4 Å². The molecule has 1 aromatic carbocycles. The lowest BCUT2D eigenvalue weighted by atomic mass is 9.90. The first-order valence-electron chi connectivity index (χ1n) is 7.13. The van der Waals surface area contributed by atoms with E-state index in [-0.39, 0.29) is 11.8 Å². The van der Waals surface area contributed by atoms with E-state index in [1.807, 2.05) is 32.0 Å². The number of anilines is 1. The number of nitrogens with one attached hydrogen (secondary N) is 2. The van der Waals surface area contributed by atoms with Gasteiger partial charge in [-0.2, -0.15) is 0 Å². The van der Waals surface area contributed by atoms with E-state index in [1.54, 1.807) is 19.9 Å². The van der Waals surface area contributed by atoms with E-state index in [1.165, 1.54) is 0 Å². The van der Waals surface area contributed by atoms with Crippen LogP contribution in [0.5, 0.6) is 0 Å². The Kier molecular flexibility index (Phi) is 5.70. The normalized spacial score (nSPS) is 10.9. The number of carbonyl (C=O) groups is 2. The zero-order valence-electron chi connectivity index (χ0n) is 13.2. The summed E-state index contributed by atoms with van der Waals surface area (Å²) in [5, 5.41) is 5.57. The summed E-state index contributed by atoms with van der Waals surface area (Å²) in [6.45, 7) is 11.1. The molecule has 0 aliphatic heterocycles. The number of carbonyl (C=O) groups excluding carboxylic acids is 2. The molecule has 21 heavy (non-hydrogen) atoms. The quantitative estimate of drug-likeness (QED) is 0.624. The molecule has 114 valence electrons. The molecule has 0 fully saturated rings. The van der Waals surface area contributed by atoms with Crippen LogP contribution in [0.1, 0.15) is 31.9 Å². The highest BCUT2D eigenvalue weighted by Gasteiger charge is 2.36. The Hall–Kier alpha value is -2.10. The number of aryl methyl sites for hydroxylation is 2. The van der Waals surface area contributed by atoms with E-state index < -0.39 is 5.41 Å². The summed E-state index contributed by atoms with van der Waals surface area (Å²) in [6.07, 6.45) is 2.41. The highest BCUT2D eigenvalue weighted by Crippen LogP contribution is 2.25. The first-order chi connectivity index (χ1) is 9.84. The summed E-state index contributed by atoms with van der Waals surface area (Å²) in [5.41, 5.74) is 1.71. The maximum Gasteiger partial charge on any atom is 0.239 e. The largest absolute Gasteiger partial charge is 0.352 e. The first-order valence-corrected chi connectivity index (χ1v) is 7.13. The zero-order valence-corrected chi connectivity index (χ0v) is 13.2. The molecule has 0 atom stereocenters. The highest BCUT2D eigenvalue weighted by molar-refractivity contribution is 6.10. The Bertz CT molecular complexity index is 548. The minimum atomic E-state index is -1.14. The Labute approximate surface area is 126 Å². The van der Waals surface area contributed by atoms with Crippen molar-refractivity contribution in [3.8, 4) is 0 Å². The van der Waals surface area contributed by atoms with Gasteiger partial charge in [-0.1, -0.05) is 31.2 Å². The minimum Gasteiger partial charge on any atom is -0.352 e. The fourth-order valence-corrected chi connectivity index (χ4v) is 1.96. The Morgan fingerprint density at radius 1 is 1.29 bits per heavy atom. The van der Waals surface area contributed by atoms with E-state index in [0.29, 0.717) is 6.54 Å². The SMILES string of the molecule is C=CCNC(=O)C(C)(C)C(=O)Nc1c(C)cccc1CC. The van der Waals surface area contributed by atoms with Gasteiger partial charge in [0.15, 0.2) is 0 Å². The Balaban J connectivity index is 2.95. The molecule has 4 heteroatoms. The van der Waals surface area contributed by atoms with E-state index in [9.17, 15) is 9.59 Å². The van der Waals surface area contributed by atoms with Crippen molar-refractivity contribution in [2.75, 3.05) is 11.9 Å². The fourth-order valence-electron chi connectivity index (χ4n) is 1.96. The second kappa shape index (κ2) is 7.07. The van der Waals surface area contributed by atoms with Gasteiger partial charge in [0.25, 0.3) is 0 Å². The van der Waals surface area contributed by atoms with Gasteiger partial charge in [-0.15, -0.1) is 6.58 Å². The van der Waals surface area contributed by atoms with E-state index >= 15 is 0 Å². The van der Waals surface area contributed by atoms with E-state index in [4.69, 9.17) is 0 Å². The molecule has 0 aliphatic carbocycles. The molecule has 4 nitrogen and oxygen atoms in total. The number of hydrogen-bond donors (Lipinski definition) is 2. The predicted molar refractivity (Wildman–Crippen MR) is 86.2 cm³/mol. The zero-order chi connectivity index (χ0) is 16.0. The fraction of sp³-hybridized carbons (Fsp3) is 0.412. The van der Waals surface area contributed by atoms with Crippen LogP contribution in [0.25, 0.3) is 0 Å². The number of hydrogen-bond acceptors (Lipinski definition) is 2. The monoisotopic (exact) mass is 288 g/mol. The summed E-state index contributed by atoms with van der Waals surface area (Å²) < 4.78 is 0. The Morgan fingerprint density at radius 2 is 1.95 bits per heavy atom. The topological polar surface area (TPSA) is 58.2 Å². The van der Waals surface area contributed by atoms with Gasteiger partial charge in [0.1, 0.15) is 5.41 Å². The highest BCUT2D eigenvalue weighted by atomic mass is 16.2. The van der Waals surface area contributed by atoms with Gasteiger partial charge in [0.2, 0.25) is 11.8 Å². The predicted octanol–water partition coefficient (Wildman–Crippen LogP) is 2.82. The molecule has 1 aromatic rings. The molecule has 0 spiro atoms. The number of rotatable bonds is 6. The lowest BCUT2D eigenvalue weighted by Crippen LogP contribution is -2.45.